The molecule has 2 aliphatic heterocycles. The number of carbonyl (C=O) groups excluding carboxylic acids is 1. The van der Waals surface area contributed by atoms with Crippen LogP contribution in [0.3, 0.4) is 0 Å². The van der Waals surface area contributed by atoms with E-state index in [1.54, 1.807) is 0 Å². The SMILES string of the molecule is Cc1cccc(N2CCC3(CCN(CC4=CCc5ccccc54)C3=O)C2)n1. The molecule has 27 heavy (non-hydrogen) atoms. The highest BCUT2D eigenvalue weighted by Gasteiger charge is 2.51. The number of anilines is 1. The van der Waals surface area contributed by atoms with Crippen molar-refractivity contribution in [3.63, 3.8) is 0 Å². The van der Waals surface area contributed by atoms with E-state index in [1.807, 2.05) is 13.0 Å². The predicted molar refractivity (Wildman–Crippen MR) is 108 cm³/mol. The van der Waals surface area contributed by atoms with Gasteiger partial charge in [-0.05, 0) is 55.0 Å². The van der Waals surface area contributed by atoms with E-state index in [0.717, 1.165) is 57.0 Å². The summed E-state index contributed by atoms with van der Waals surface area (Å²) in [7, 11) is 0. The van der Waals surface area contributed by atoms with Crippen molar-refractivity contribution in [1.29, 1.82) is 0 Å². The van der Waals surface area contributed by atoms with E-state index in [2.05, 4.69) is 57.3 Å². The number of pyridine rings is 1. The number of carbonyl (C=O) groups is 1. The normalized spacial score (nSPS) is 24.0. The summed E-state index contributed by atoms with van der Waals surface area (Å²) < 4.78 is 0. The second kappa shape index (κ2) is 6.22. The second-order valence-electron chi connectivity index (χ2n) is 8.16. The van der Waals surface area contributed by atoms with Crippen molar-refractivity contribution in [3.05, 3.63) is 65.4 Å². The van der Waals surface area contributed by atoms with Crippen molar-refractivity contribution in [2.24, 2.45) is 5.41 Å². The Kier molecular flexibility index (Phi) is 3.81. The third-order valence-electron chi connectivity index (χ3n) is 6.45. The van der Waals surface area contributed by atoms with Crippen molar-refractivity contribution in [1.82, 2.24) is 9.88 Å². The van der Waals surface area contributed by atoms with Gasteiger partial charge < -0.3 is 9.80 Å². The van der Waals surface area contributed by atoms with Gasteiger partial charge in [0.2, 0.25) is 5.91 Å². The summed E-state index contributed by atoms with van der Waals surface area (Å²) in [4.78, 5) is 22.4. The maximum absolute atomic E-state index is 13.3. The van der Waals surface area contributed by atoms with Gasteiger partial charge in [0.25, 0.3) is 0 Å². The number of fused-ring (bicyclic) bond motifs is 1. The van der Waals surface area contributed by atoms with Gasteiger partial charge in [0.15, 0.2) is 0 Å². The number of benzene rings is 1. The van der Waals surface area contributed by atoms with Crippen molar-refractivity contribution in [2.45, 2.75) is 26.2 Å². The van der Waals surface area contributed by atoms with Crippen LogP contribution in [0.15, 0.2) is 48.5 Å². The van der Waals surface area contributed by atoms with Crippen LogP contribution >= 0.6 is 0 Å². The third kappa shape index (κ3) is 2.75. The van der Waals surface area contributed by atoms with E-state index < -0.39 is 0 Å². The summed E-state index contributed by atoms with van der Waals surface area (Å²) in [6.07, 6.45) is 5.18. The van der Waals surface area contributed by atoms with Gasteiger partial charge in [0, 0.05) is 31.9 Å². The summed E-state index contributed by atoms with van der Waals surface area (Å²) >= 11 is 0. The molecule has 0 radical (unpaired) electrons. The van der Waals surface area contributed by atoms with Crippen LogP contribution in [0.1, 0.15) is 29.7 Å². The lowest BCUT2D eigenvalue weighted by atomic mass is 9.85. The number of likely N-dealkylation sites (tertiary alicyclic amines) is 1. The van der Waals surface area contributed by atoms with Gasteiger partial charge in [-0.1, -0.05) is 36.4 Å². The van der Waals surface area contributed by atoms with E-state index in [-0.39, 0.29) is 5.41 Å². The highest BCUT2D eigenvalue weighted by atomic mass is 16.2. The standard InChI is InChI=1S/C23H25N3O/c1-17-5-4-8-21(24-17)26-14-12-23(16-26)11-13-25(22(23)27)15-19-10-9-18-6-2-3-7-20(18)19/h2-8,10H,9,11-16H2,1H3. The summed E-state index contributed by atoms with van der Waals surface area (Å²) in [5.74, 6) is 1.34. The number of allylic oxidation sites excluding steroid dienone is 1. The zero-order chi connectivity index (χ0) is 18.4. The van der Waals surface area contributed by atoms with Crippen LogP contribution in [-0.4, -0.2) is 42.0 Å². The first kappa shape index (κ1) is 16.5. The van der Waals surface area contributed by atoms with Gasteiger partial charge in [-0.2, -0.15) is 0 Å². The molecule has 2 fully saturated rings. The first-order valence-electron chi connectivity index (χ1n) is 9.90. The Morgan fingerprint density at radius 3 is 2.81 bits per heavy atom. The molecule has 1 aromatic carbocycles. The zero-order valence-corrected chi connectivity index (χ0v) is 15.8. The molecule has 4 nitrogen and oxygen atoms in total. The van der Waals surface area contributed by atoms with E-state index in [4.69, 9.17) is 0 Å². The van der Waals surface area contributed by atoms with Crippen LogP contribution in [0.2, 0.25) is 0 Å². The summed E-state index contributed by atoms with van der Waals surface area (Å²) in [6, 6.07) is 14.7. The number of amides is 1. The van der Waals surface area contributed by atoms with Gasteiger partial charge in [-0.3, -0.25) is 4.79 Å². The molecule has 1 aromatic heterocycles. The minimum absolute atomic E-state index is 0.218. The predicted octanol–water partition coefficient (Wildman–Crippen LogP) is 3.46. The molecule has 1 spiro atoms. The second-order valence-corrected chi connectivity index (χ2v) is 8.16. The molecule has 0 saturated carbocycles. The first-order chi connectivity index (χ1) is 13.1. The van der Waals surface area contributed by atoms with Gasteiger partial charge in [0.1, 0.15) is 5.82 Å². The molecular weight excluding hydrogens is 334 g/mol. The molecule has 4 heteroatoms. The topological polar surface area (TPSA) is 36.4 Å². The van der Waals surface area contributed by atoms with E-state index in [1.165, 1.54) is 16.7 Å². The number of hydrogen-bond donors (Lipinski definition) is 0. The maximum atomic E-state index is 13.3. The fourth-order valence-corrected chi connectivity index (χ4v) is 4.91. The van der Waals surface area contributed by atoms with Crippen molar-refractivity contribution in [3.8, 4) is 0 Å². The molecule has 138 valence electrons. The molecule has 5 rings (SSSR count). The van der Waals surface area contributed by atoms with E-state index in [9.17, 15) is 4.79 Å². The average Bonchev–Trinajstić information content (AvgIpc) is 3.37. The highest BCUT2D eigenvalue weighted by molar-refractivity contribution is 5.88. The number of aromatic nitrogens is 1. The van der Waals surface area contributed by atoms with Gasteiger partial charge in [0.05, 0.1) is 5.41 Å². The van der Waals surface area contributed by atoms with Crippen molar-refractivity contribution in [2.75, 3.05) is 31.1 Å². The minimum atomic E-state index is -0.218. The molecule has 0 bridgehead atoms. The quantitative estimate of drug-likeness (QED) is 0.842. The molecule has 1 aliphatic carbocycles. The molecule has 1 atom stereocenters. The Hall–Kier alpha value is -2.62. The monoisotopic (exact) mass is 359 g/mol. The van der Waals surface area contributed by atoms with Crippen LogP contribution < -0.4 is 4.90 Å². The molecule has 1 amide bonds. The summed E-state index contributed by atoms with van der Waals surface area (Å²) in [6.45, 7) is 5.36. The smallest absolute Gasteiger partial charge is 0.231 e. The Morgan fingerprint density at radius 1 is 1.07 bits per heavy atom. The van der Waals surface area contributed by atoms with E-state index >= 15 is 0 Å². The Labute approximate surface area is 160 Å². The molecular formula is C23H25N3O. The molecule has 0 N–H and O–H groups in total. The Bertz CT molecular complexity index is 935. The lowest BCUT2D eigenvalue weighted by Gasteiger charge is -2.24. The lowest BCUT2D eigenvalue weighted by molar-refractivity contribution is -0.134. The Morgan fingerprint density at radius 2 is 1.93 bits per heavy atom. The molecule has 2 aromatic rings. The fraction of sp³-hybridized carbons (Fsp3) is 0.391. The van der Waals surface area contributed by atoms with Crippen LogP contribution in [0.4, 0.5) is 5.82 Å². The average molecular weight is 359 g/mol. The van der Waals surface area contributed by atoms with Crippen LogP contribution in [0.5, 0.6) is 0 Å². The number of hydrogen-bond acceptors (Lipinski definition) is 3. The van der Waals surface area contributed by atoms with Crippen molar-refractivity contribution < 1.29 is 4.79 Å². The molecule has 3 aliphatic rings. The van der Waals surface area contributed by atoms with Gasteiger partial charge in [-0.15, -0.1) is 0 Å². The van der Waals surface area contributed by atoms with E-state index in [0.29, 0.717) is 5.91 Å². The highest BCUT2D eigenvalue weighted by Crippen LogP contribution is 2.42. The van der Waals surface area contributed by atoms with Crippen molar-refractivity contribution >= 4 is 17.3 Å². The summed E-state index contributed by atoms with van der Waals surface area (Å²) in [5.41, 5.74) is 4.82. The number of rotatable bonds is 3. The fourth-order valence-electron chi connectivity index (χ4n) is 4.91. The van der Waals surface area contributed by atoms with Gasteiger partial charge >= 0.3 is 0 Å². The maximum Gasteiger partial charge on any atom is 0.231 e. The van der Waals surface area contributed by atoms with Crippen LogP contribution in [-0.2, 0) is 11.2 Å². The molecule has 3 heterocycles. The van der Waals surface area contributed by atoms with Gasteiger partial charge in [-0.25, -0.2) is 4.98 Å². The number of aryl methyl sites for hydroxylation is 1. The molecule has 2 saturated heterocycles. The number of nitrogens with zero attached hydrogens (tertiary/aromatic N) is 3. The third-order valence-corrected chi connectivity index (χ3v) is 6.45. The first-order valence-corrected chi connectivity index (χ1v) is 9.90. The lowest BCUT2D eigenvalue weighted by Crippen LogP contribution is -2.37. The largest absolute Gasteiger partial charge is 0.355 e. The van der Waals surface area contributed by atoms with Crippen LogP contribution in [0.25, 0.3) is 5.57 Å². The Balaban J connectivity index is 1.31. The zero-order valence-electron chi connectivity index (χ0n) is 15.8. The van der Waals surface area contributed by atoms with Crippen LogP contribution in [0, 0.1) is 12.3 Å². The molecule has 1 unspecified atom stereocenters. The summed E-state index contributed by atoms with van der Waals surface area (Å²) in [5, 5.41) is 0. The minimum Gasteiger partial charge on any atom is -0.355 e.